The first-order valence-corrected chi connectivity index (χ1v) is 11.4. The van der Waals surface area contributed by atoms with E-state index in [0.717, 1.165) is 38.2 Å². The number of fused-ring (bicyclic) bond motifs is 1. The van der Waals surface area contributed by atoms with E-state index in [9.17, 15) is 9.59 Å². The molecule has 3 atom stereocenters. The van der Waals surface area contributed by atoms with Crippen molar-refractivity contribution in [2.75, 3.05) is 38.0 Å². The van der Waals surface area contributed by atoms with Crippen LogP contribution in [0, 0.1) is 17.8 Å². The molecule has 1 aromatic carbocycles. The van der Waals surface area contributed by atoms with E-state index in [1.54, 1.807) is 17.2 Å². The normalized spacial score (nSPS) is 25.6. The molecule has 1 aromatic heterocycles. The van der Waals surface area contributed by atoms with Crippen molar-refractivity contribution >= 4 is 11.8 Å². The van der Waals surface area contributed by atoms with Gasteiger partial charge in [0.25, 0.3) is 0 Å². The lowest BCUT2D eigenvalue weighted by atomic mass is 9.97. The number of nitrogens with two attached hydrogens (primary N) is 2. The molecule has 5 N–H and O–H groups in total. The topological polar surface area (TPSA) is 123 Å². The van der Waals surface area contributed by atoms with Crippen LogP contribution in [0.15, 0.2) is 41.3 Å². The number of piperidine rings is 2. The largest absolute Gasteiger partial charge is 0.354 e. The Hall–Kier alpha value is -2.75. The minimum atomic E-state index is -0.425. The van der Waals surface area contributed by atoms with Gasteiger partial charge in [0.1, 0.15) is 5.82 Å². The molecule has 3 fully saturated rings. The summed E-state index contributed by atoms with van der Waals surface area (Å²) < 4.78 is 1.48. The number of likely N-dealkylation sites (tertiary alicyclic amines) is 2. The summed E-state index contributed by atoms with van der Waals surface area (Å²) in [4.78, 5) is 33.3. The van der Waals surface area contributed by atoms with Gasteiger partial charge in [0, 0.05) is 45.0 Å². The molecule has 2 amide bonds. The number of rotatable bonds is 5. The number of hydrogen-bond donors (Lipinski definition) is 3. The third-order valence-corrected chi connectivity index (χ3v) is 7.23. The number of carbonyl (C=O) groups excluding carboxylic acids is 1. The minimum absolute atomic E-state index is 0.227. The first-order valence-electron chi connectivity index (χ1n) is 11.4. The van der Waals surface area contributed by atoms with Crippen LogP contribution < -0.4 is 22.5 Å². The molecule has 2 saturated heterocycles. The van der Waals surface area contributed by atoms with E-state index >= 15 is 0 Å². The zero-order chi connectivity index (χ0) is 22.2. The predicted molar refractivity (Wildman–Crippen MR) is 122 cm³/mol. The molecule has 0 radical (unpaired) electrons. The summed E-state index contributed by atoms with van der Waals surface area (Å²) in [6.07, 6.45) is 3.46. The summed E-state index contributed by atoms with van der Waals surface area (Å²) in [6.45, 7) is 5.06. The Bertz CT molecular complexity index is 1020. The Balaban J connectivity index is 1.19. The van der Waals surface area contributed by atoms with Crippen LogP contribution in [-0.2, 0) is 6.54 Å². The van der Waals surface area contributed by atoms with E-state index in [0.29, 0.717) is 43.4 Å². The van der Waals surface area contributed by atoms with Crippen LogP contribution >= 0.6 is 0 Å². The molecular weight excluding hydrogens is 406 g/mol. The summed E-state index contributed by atoms with van der Waals surface area (Å²) in [5, 5.41) is 2.74. The average molecular weight is 438 g/mol. The van der Waals surface area contributed by atoms with Gasteiger partial charge in [-0.15, -0.1) is 0 Å². The minimum Gasteiger partial charge on any atom is -0.330 e. The number of carbonyl (C=O) groups is 1. The van der Waals surface area contributed by atoms with Crippen LogP contribution in [-0.4, -0.2) is 64.1 Å². The highest BCUT2D eigenvalue weighted by molar-refractivity contribution is 5.88. The number of anilines is 1. The second kappa shape index (κ2) is 8.65. The summed E-state index contributed by atoms with van der Waals surface area (Å²) in [5.74, 6) is 2.10. The van der Waals surface area contributed by atoms with Crippen LogP contribution in [0.3, 0.4) is 0 Å². The van der Waals surface area contributed by atoms with Gasteiger partial charge in [-0.2, -0.15) is 4.98 Å². The number of aromatic nitrogens is 2. The quantitative estimate of drug-likeness (QED) is 0.637. The van der Waals surface area contributed by atoms with Gasteiger partial charge in [-0.05, 0) is 60.9 Å². The number of nitrogens with zero attached hydrogens (tertiary/aromatic N) is 4. The van der Waals surface area contributed by atoms with Crippen molar-refractivity contribution < 1.29 is 4.79 Å². The second-order valence-corrected chi connectivity index (χ2v) is 9.33. The van der Waals surface area contributed by atoms with E-state index < -0.39 is 5.69 Å². The first-order chi connectivity index (χ1) is 15.5. The number of urea groups is 1. The maximum absolute atomic E-state index is 12.6. The molecule has 1 unspecified atom stereocenters. The number of amides is 2. The number of benzene rings is 1. The van der Waals surface area contributed by atoms with Crippen molar-refractivity contribution in [3.8, 4) is 5.69 Å². The number of hydrogen-bond acceptors (Lipinski definition) is 6. The Morgan fingerprint density at radius 1 is 1.09 bits per heavy atom. The van der Waals surface area contributed by atoms with Crippen molar-refractivity contribution in [1.82, 2.24) is 19.4 Å². The highest BCUT2D eigenvalue weighted by Gasteiger charge is 2.53. The Morgan fingerprint density at radius 3 is 2.41 bits per heavy atom. The first kappa shape index (κ1) is 21.1. The second-order valence-electron chi connectivity index (χ2n) is 9.33. The van der Waals surface area contributed by atoms with Crippen LogP contribution in [0.4, 0.5) is 10.6 Å². The van der Waals surface area contributed by atoms with Crippen molar-refractivity contribution in [3.05, 3.63) is 52.6 Å². The molecule has 32 heavy (non-hydrogen) atoms. The monoisotopic (exact) mass is 437 g/mol. The molecule has 1 saturated carbocycles. The molecular formula is C23H31N7O2. The van der Waals surface area contributed by atoms with E-state index in [-0.39, 0.29) is 11.8 Å². The molecule has 170 valence electrons. The van der Waals surface area contributed by atoms with Gasteiger partial charge >= 0.3 is 11.7 Å². The van der Waals surface area contributed by atoms with Crippen LogP contribution in [0.25, 0.3) is 5.69 Å². The van der Waals surface area contributed by atoms with Crippen LogP contribution in [0.2, 0.25) is 0 Å². The lowest BCUT2D eigenvalue weighted by Gasteiger charge is -2.31. The van der Waals surface area contributed by atoms with Gasteiger partial charge in [-0.1, -0.05) is 12.1 Å². The fraction of sp³-hybridized carbons (Fsp3) is 0.522. The molecule has 9 heteroatoms. The molecule has 2 aromatic rings. The van der Waals surface area contributed by atoms with E-state index in [4.69, 9.17) is 11.5 Å². The van der Waals surface area contributed by atoms with Crippen LogP contribution in [0.1, 0.15) is 18.4 Å². The van der Waals surface area contributed by atoms with Gasteiger partial charge < -0.3 is 16.4 Å². The predicted octanol–water partition coefficient (Wildman–Crippen LogP) is 0.824. The summed E-state index contributed by atoms with van der Waals surface area (Å²) in [5.41, 5.74) is 13.3. The molecule has 0 bridgehead atoms. The van der Waals surface area contributed by atoms with Gasteiger partial charge in [0.2, 0.25) is 0 Å². The fourth-order valence-corrected chi connectivity index (χ4v) is 5.04. The van der Waals surface area contributed by atoms with E-state index in [2.05, 4.69) is 15.2 Å². The summed E-state index contributed by atoms with van der Waals surface area (Å²) in [7, 11) is 0. The number of nitrogens with one attached hydrogen (secondary N) is 1. The molecule has 3 heterocycles. The van der Waals surface area contributed by atoms with E-state index in [1.807, 2.05) is 24.3 Å². The van der Waals surface area contributed by atoms with Gasteiger partial charge in [-0.25, -0.2) is 9.59 Å². The average Bonchev–Trinajstić information content (AvgIpc) is 3.19. The molecule has 0 spiro atoms. The smallest absolute Gasteiger partial charge is 0.330 e. The van der Waals surface area contributed by atoms with Gasteiger partial charge in [0.05, 0.1) is 5.69 Å². The van der Waals surface area contributed by atoms with Crippen molar-refractivity contribution in [2.45, 2.75) is 25.4 Å². The Kier molecular flexibility index (Phi) is 5.71. The summed E-state index contributed by atoms with van der Waals surface area (Å²) in [6, 6.07) is 9.79. The third kappa shape index (κ3) is 4.28. The highest BCUT2D eigenvalue weighted by Crippen LogP contribution is 2.44. The molecule has 2 aliphatic heterocycles. The lowest BCUT2D eigenvalue weighted by molar-refractivity contribution is 0.184. The third-order valence-electron chi connectivity index (χ3n) is 7.23. The molecule has 5 rings (SSSR count). The lowest BCUT2D eigenvalue weighted by Crippen LogP contribution is -2.42. The molecule has 3 aliphatic rings. The van der Waals surface area contributed by atoms with Crippen molar-refractivity contribution in [2.24, 2.45) is 29.2 Å². The molecule has 9 nitrogen and oxygen atoms in total. The van der Waals surface area contributed by atoms with Crippen LogP contribution in [0.5, 0.6) is 0 Å². The maximum Gasteiger partial charge on any atom is 0.354 e. The maximum atomic E-state index is 12.6. The zero-order valence-corrected chi connectivity index (χ0v) is 18.2. The van der Waals surface area contributed by atoms with Gasteiger partial charge in [0.15, 0.2) is 0 Å². The van der Waals surface area contributed by atoms with Gasteiger partial charge in [-0.3, -0.25) is 14.8 Å². The Labute approximate surface area is 187 Å². The standard InChI is InChI=1S/C23H31N7O2/c24-11-15-5-8-29(9-6-15)22(31)26-20-7-10-30(23(32)27-20)17-3-1-16(2-4-17)12-28-13-18-19(14-28)21(18)25/h1-4,7,10,15,18-19,21H,5-6,8-9,11-14,24-25H2,(H,26,27,31,32)/t18-,19+,21?. The van der Waals surface area contributed by atoms with Crippen molar-refractivity contribution in [1.29, 1.82) is 0 Å². The molecule has 1 aliphatic carbocycles. The SMILES string of the molecule is NCC1CCN(C(=O)Nc2ccn(-c3ccc(CN4C[C@@H]5C(N)[C@@H]5C4)cc3)c(=O)n2)CC1. The zero-order valence-electron chi connectivity index (χ0n) is 18.2. The summed E-state index contributed by atoms with van der Waals surface area (Å²) >= 11 is 0. The fourth-order valence-electron chi connectivity index (χ4n) is 5.04. The Morgan fingerprint density at radius 2 is 1.78 bits per heavy atom. The van der Waals surface area contributed by atoms with Crippen molar-refractivity contribution in [3.63, 3.8) is 0 Å². The highest BCUT2D eigenvalue weighted by atomic mass is 16.2. The van der Waals surface area contributed by atoms with E-state index in [1.165, 1.54) is 10.1 Å².